The van der Waals surface area contributed by atoms with Crippen LogP contribution in [-0.2, 0) is 0 Å². The fourth-order valence-electron chi connectivity index (χ4n) is 10.8. The molecule has 2 heteroatoms. The standard InChI is InChI=1S/C74H50O2/c75-73(61-45-41-53(42-46-61)65-49-63(51-25-9-1-10-26-51)67(55-29-13-3-14-30-55)71(59-37-21-7-22-38-59)69(65)57-33-17-5-18-34-57)74(76)62-47-43-54(44-48-62)66-50-64(52-27-11-2-12-28-52)68(56-31-15-4-16-32-56)72(60-39-23-8-24-40-60)70(66)58-35-19-6-20-36-58/h1-50H. The number of rotatable bonds is 13. The summed E-state index contributed by atoms with van der Waals surface area (Å²) in [6, 6.07) is 104. The number of Topliss-reactive ketones (excluding diaryl/α,β-unsaturated/α-hetero) is 2. The lowest BCUT2D eigenvalue weighted by Crippen LogP contribution is -2.14. The van der Waals surface area contributed by atoms with Crippen molar-refractivity contribution in [3.8, 4) is 111 Å². The van der Waals surface area contributed by atoms with E-state index in [1.54, 1.807) is 24.3 Å². The SMILES string of the molecule is O=C(C(=O)c1ccc(-c2cc(-c3ccccc3)c(-c3ccccc3)c(-c3ccccc3)c2-c2ccccc2)cc1)c1ccc(-c2cc(-c3ccccc3)c(-c3ccccc3)c(-c3ccccc3)c2-c2ccccc2)cc1. The lowest BCUT2D eigenvalue weighted by atomic mass is 9.78. The van der Waals surface area contributed by atoms with Crippen LogP contribution in [-0.4, -0.2) is 11.6 Å². The molecule has 0 atom stereocenters. The molecule has 0 heterocycles. The van der Waals surface area contributed by atoms with Gasteiger partial charge in [0, 0.05) is 11.1 Å². The molecular formula is C74H50O2. The van der Waals surface area contributed by atoms with E-state index < -0.39 is 11.6 Å². The average Bonchev–Trinajstić information content (AvgIpc) is 3.53. The highest BCUT2D eigenvalue weighted by Crippen LogP contribution is 2.52. The molecule has 0 saturated carbocycles. The van der Waals surface area contributed by atoms with Crippen molar-refractivity contribution in [2.24, 2.45) is 0 Å². The normalized spacial score (nSPS) is 11.0. The minimum Gasteiger partial charge on any atom is -0.285 e. The largest absolute Gasteiger partial charge is 0.285 e. The minimum absolute atomic E-state index is 0.328. The van der Waals surface area contributed by atoms with Crippen molar-refractivity contribution in [3.63, 3.8) is 0 Å². The van der Waals surface area contributed by atoms with E-state index in [0.29, 0.717) is 11.1 Å². The molecule has 76 heavy (non-hydrogen) atoms. The van der Waals surface area contributed by atoms with Crippen LogP contribution in [0.4, 0.5) is 0 Å². The van der Waals surface area contributed by atoms with Gasteiger partial charge in [-0.25, -0.2) is 0 Å². The second-order valence-electron chi connectivity index (χ2n) is 18.9. The Hall–Kier alpha value is -10.0. The van der Waals surface area contributed by atoms with Crippen LogP contribution in [0, 0.1) is 0 Å². The van der Waals surface area contributed by atoms with Crippen LogP contribution in [0.2, 0.25) is 0 Å². The molecule has 0 aliphatic rings. The summed E-state index contributed by atoms with van der Waals surface area (Å²) in [4.78, 5) is 28.8. The Balaban J connectivity index is 0.957. The zero-order chi connectivity index (χ0) is 51.2. The molecule has 0 saturated heterocycles. The van der Waals surface area contributed by atoms with Crippen molar-refractivity contribution < 1.29 is 9.59 Å². The molecular weight excluding hydrogens is 921 g/mol. The fraction of sp³-hybridized carbons (Fsp3) is 0. The maximum atomic E-state index is 14.4. The summed E-state index contributed by atoms with van der Waals surface area (Å²) in [5.74, 6) is -1.13. The second kappa shape index (κ2) is 21.2. The Kier molecular flexibility index (Phi) is 13.1. The van der Waals surface area contributed by atoms with Gasteiger partial charge in [-0.15, -0.1) is 0 Å². The first-order chi connectivity index (χ1) is 37.6. The van der Waals surface area contributed by atoms with Crippen molar-refractivity contribution in [1.29, 1.82) is 0 Å². The van der Waals surface area contributed by atoms with Gasteiger partial charge in [0.05, 0.1) is 0 Å². The number of ketones is 2. The molecule has 0 spiro atoms. The van der Waals surface area contributed by atoms with Crippen LogP contribution in [0.3, 0.4) is 0 Å². The third-order valence-electron chi connectivity index (χ3n) is 14.3. The zero-order valence-corrected chi connectivity index (χ0v) is 41.7. The van der Waals surface area contributed by atoms with Crippen molar-refractivity contribution in [2.45, 2.75) is 0 Å². The maximum absolute atomic E-state index is 14.4. The van der Waals surface area contributed by atoms with Gasteiger partial charge >= 0.3 is 0 Å². The van der Waals surface area contributed by atoms with E-state index in [1.807, 2.05) is 48.5 Å². The van der Waals surface area contributed by atoms with Gasteiger partial charge in [0.2, 0.25) is 11.6 Å². The number of carbonyl (C=O) groups excluding carboxylic acids is 2. The predicted molar refractivity (Wildman–Crippen MR) is 316 cm³/mol. The molecule has 0 aliphatic heterocycles. The molecule has 12 aromatic rings. The van der Waals surface area contributed by atoms with Gasteiger partial charge in [0.1, 0.15) is 0 Å². The quantitative estimate of drug-likeness (QED) is 0.0852. The third-order valence-corrected chi connectivity index (χ3v) is 14.3. The molecule has 0 amide bonds. The van der Waals surface area contributed by atoms with Crippen LogP contribution in [0.15, 0.2) is 303 Å². The summed E-state index contributed by atoms with van der Waals surface area (Å²) >= 11 is 0. The van der Waals surface area contributed by atoms with Gasteiger partial charge in [-0.3, -0.25) is 9.59 Å². The first-order valence-corrected chi connectivity index (χ1v) is 25.7. The second-order valence-corrected chi connectivity index (χ2v) is 18.9. The van der Waals surface area contributed by atoms with Gasteiger partial charge < -0.3 is 0 Å². The van der Waals surface area contributed by atoms with Crippen LogP contribution in [0.25, 0.3) is 111 Å². The van der Waals surface area contributed by atoms with Gasteiger partial charge in [0.25, 0.3) is 0 Å². The third kappa shape index (κ3) is 9.21. The van der Waals surface area contributed by atoms with E-state index >= 15 is 0 Å². The van der Waals surface area contributed by atoms with Crippen molar-refractivity contribution in [3.05, 3.63) is 314 Å². The van der Waals surface area contributed by atoms with E-state index in [4.69, 9.17) is 0 Å². The Bertz CT molecular complexity index is 3700. The number of hydrogen-bond donors (Lipinski definition) is 0. The van der Waals surface area contributed by atoms with Crippen molar-refractivity contribution in [1.82, 2.24) is 0 Å². The summed E-state index contributed by atoms with van der Waals surface area (Å²) in [7, 11) is 0. The Morgan fingerprint density at radius 3 is 0.553 bits per heavy atom. The zero-order valence-electron chi connectivity index (χ0n) is 41.7. The first kappa shape index (κ1) is 47.0. The molecule has 0 unspecified atom stereocenters. The molecule has 12 rings (SSSR count). The summed E-state index contributed by atoms with van der Waals surface area (Å²) < 4.78 is 0. The molecule has 0 radical (unpaired) electrons. The van der Waals surface area contributed by atoms with Gasteiger partial charge in [-0.05, 0) is 123 Å². The summed E-state index contributed by atoms with van der Waals surface area (Å²) in [5.41, 5.74) is 22.1. The van der Waals surface area contributed by atoms with Crippen LogP contribution in [0.5, 0.6) is 0 Å². The highest BCUT2D eigenvalue weighted by atomic mass is 16.2. The minimum atomic E-state index is -0.563. The van der Waals surface area contributed by atoms with E-state index in [1.165, 1.54) is 0 Å². The van der Waals surface area contributed by atoms with Gasteiger partial charge in [-0.1, -0.05) is 291 Å². The fourth-order valence-corrected chi connectivity index (χ4v) is 10.8. The molecule has 358 valence electrons. The molecule has 0 fully saturated rings. The number of benzene rings is 12. The molecule has 0 bridgehead atoms. The smallest absolute Gasteiger partial charge is 0.233 e. The van der Waals surface area contributed by atoms with Gasteiger partial charge in [-0.2, -0.15) is 0 Å². The Morgan fingerprint density at radius 1 is 0.171 bits per heavy atom. The monoisotopic (exact) mass is 970 g/mol. The molecule has 0 aromatic heterocycles. The Morgan fingerprint density at radius 2 is 0.342 bits per heavy atom. The summed E-state index contributed by atoms with van der Waals surface area (Å²) in [5, 5.41) is 0. The molecule has 2 nitrogen and oxygen atoms in total. The summed E-state index contributed by atoms with van der Waals surface area (Å²) in [6.45, 7) is 0. The highest BCUT2D eigenvalue weighted by molar-refractivity contribution is 6.49. The Labute approximate surface area is 444 Å². The molecule has 12 aromatic carbocycles. The van der Waals surface area contributed by atoms with Crippen LogP contribution < -0.4 is 0 Å². The first-order valence-electron chi connectivity index (χ1n) is 25.7. The summed E-state index contributed by atoms with van der Waals surface area (Å²) in [6.07, 6.45) is 0. The van der Waals surface area contributed by atoms with Crippen LogP contribution in [0.1, 0.15) is 20.7 Å². The van der Waals surface area contributed by atoms with E-state index in [9.17, 15) is 9.59 Å². The van der Waals surface area contributed by atoms with Crippen molar-refractivity contribution >= 4 is 11.6 Å². The van der Waals surface area contributed by atoms with E-state index in [2.05, 4.69) is 231 Å². The highest BCUT2D eigenvalue weighted by Gasteiger charge is 2.27. The predicted octanol–water partition coefficient (Wildman–Crippen LogP) is 19.4. The number of carbonyl (C=O) groups is 2. The van der Waals surface area contributed by atoms with E-state index in [-0.39, 0.29) is 0 Å². The van der Waals surface area contributed by atoms with E-state index in [0.717, 1.165) is 111 Å². The lowest BCUT2D eigenvalue weighted by molar-refractivity contribution is 0.0817. The topological polar surface area (TPSA) is 34.1 Å². The molecule has 0 N–H and O–H groups in total. The van der Waals surface area contributed by atoms with Gasteiger partial charge in [0.15, 0.2) is 0 Å². The molecule has 0 aliphatic carbocycles. The number of hydrogen-bond acceptors (Lipinski definition) is 2. The van der Waals surface area contributed by atoms with Crippen LogP contribution >= 0.6 is 0 Å². The van der Waals surface area contributed by atoms with Crippen molar-refractivity contribution in [2.75, 3.05) is 0 Å². The average molecular weight is 971 g/mol. The maximum Gasteiger partial charge on any atom is 0.233 e. The lowest BCUT2D eigenvalue weighted by Gasteiger charge is -2.24.